The zero-order chi connectivity index (χ0) is 83.0. The Labute approximate surface area is 730 Å². The Morgan fingerprint density at radius 1 is 0.127 bits per heavy atom. The van der Waals surface area contributed by atoms with Crippen LogP contribution in [-0.4, -0.2) is 18.3 Å². The van der Waals surface area contributed by atoms with E-state index in [0.29, 0.717) is 0 Å². The van der Waals surface area contributed by atoms with E-state index in [1.807, 2.05) is 0 Å². The number of benzene rings is 20. The smallest absolute Gasteiger partial charge is 0.0714 e. The molecule has 0 spiro atoms. The van der Waals surface area contributed by atoms with Gasteiger partial charge in [-0.25, -0.2) is 0 Å². The Morgan fingerprint density at radius 2 is 0.373 bits per heavy atom. The molecule has 0 aliphatic heterocycles. The summed E-state index contributed by atoms with van der Waals surface area (Å²) in [6.07, 6.45) is 0. The van der Waals surface area contributed by atoms with Crippen molar-refractivity contribution in [3.05, 3.63) is 530 Å². The first-order chi connectivity index (χ1) is 62.5. The third-order valence-electron chi connectivity index (χ3n) is 27.2. The van der Waals surface area contributed by atoms with E-state index in [1.165, 1.54) is 198 Å². The molecule has 4 aromatic heterocycles. The van der Waals surface area contributed by atoms with Crippen molar-refractivity contribution in [2.24, 2.45) is 0 Å². The molecular weight excluding hydrogens is 1520 g/mol. The van der Waals surface area contributed by atoms with Crippen LogP contribution in [0.4, 0.5) is 0 Å². The molecule has 4 heteroatoms. The molecule has 0 N–H and O–H groups in total. The highest BCUT2D eigenvalue weighted by molar-refractivity contribution is 6.15. The van der Waals surface area contributed by atoms with Gasteiger partial charge < -0.3 is 18.3 Å². The Kier molecular flexibility index (Phi) is 16.8. The lowest BCUT2D eigenvalue weighted by atomic mass is 9.67. The monoisotopic (exact) mass is 1600 g/mol. The van der Waals surface area contributed by atoms with Gasteiger partial charge in [0.15, 0.2) is 0 Å². The fourth-order valence-electron chi connectivity index (χ4n) is 21.8. The van der Waals surface area contributed by atoms with Gasteiger partial charge in [0.25, 0.3) is 0 Å². The van der Waals surface area contributed by atoms with Gasteiger partial charge in [-0.1, -0.05) is 370 Å². The van der Waals surface area contributed by atoms with Crippen molar-refractivity contribution >= 4 is 87.2 Å². The van der Waals surface area contributed by atoms with Gasteiger partial charge in [-0.3, -0.25) is 0 Å². The van der Waals surface area contributed by atoms with E-state index >= 15 is 0 Å². The van der Waals surface area contributed by atoms with Crippen molar-refractivity contribution in [1.82, 2.24) is 18.3 Å². The van der Waals surface area contributed by atoms with Gasteiger partial charge in [-0.05, 0) is 227 Å². The predicted octanol–water partition coefficient (Wildman–Crippen LogP) is 31.2. The molecule has 0 bridgehead atoms. The van der Waals surface area contributed by atoms with E-state index < -0.39 is 10.8 Å². The SMILES string of the molecule is c1ccc(-c2ccc3c(c2)c2cc(-c4ccc5c6ccccc6n(-c6ccccc6)c5c4)ccc2n3-c2cccc(C3(c4ccccc4)c4ccccc4-c4ccccc43)c2)cc1.c1ccc(-c2cccc(-n3c4ccccc4c4ccc(-c5ccc6c(c5)c5ccccc5n6-c5cccc(C6(c7ccccc7)c7ccccc7-c7ccccc76)c5)cc43)c2)cc1. The van der Waals surface area contributed by atoms with Gasteiger partial charge in [0.05, 0.1) is 55.0 Å². The quantitative estimate of drug-likeness (QED) is 0.116. The van der Waals surface area contributed by atoms with E-state index in [1.54, 1.807) is 0 Å². The van der Waals surface area contributed by atoms with Crippen molar-refractivity contribution in [2.75, 3.05) is 0 Å². The standard InChI is InChI=1S/2C61H40N2/c1-4-17-41(18-5-1)42-32-35-58-53(37-42)54-38-43(44-31-34-52-51-27-12-15-30-57(51)62(60(52)39-44)47-22-8-3-9-23-47)33-36-59(54)63(58)48-24-16-21-46(40-48)61(45-19-6-2-7-20-45)55-28-13-10-25-49(55)50-26-11-14-29-56(50)61;1-3-17-41(18-4-1)42-19-15-23-47(37-42)63-57-31-13-9-27-51(57)53-35-33-44(39-60(53)63)43-34-36-59-54(38-43)52-28-10-14-32-58(52)62(59)48-24-16-22-46(40-48)61(45-20-5-2-6-21-45)55-29-11-7-25-49(55)50-26-8-12-30-56(50)61/h2*1-40H. The van der Waals surface area contributed by atoms with E-state index in [4.69, 9.17) is 0 Å². The third kappa shape index (κ3) is 11.1. The van der Waals surface area contributed by atoms with Crippen LogP contribution in [0.1, 0.15) is 44.5 Å². The Bertz CT molecular complexity index is 8360. The zero-order valence-electron chi connectivity index (χ0n) is 69.0. The van der Waals surface area contributed by atoms with Crippen molar-refractivity contribution in [3.8, 4) is 89.5 Å². The van der Waals surface area contributed by atoms with Crippen LogP contribution in [0.15, 0.2) is 485 Å². The van der Waals surface area contributed by atoms with Crippen LogP contribution in [0.25, 0.3) is 177 Å². The molecule has 2 aliphatic carbocycles. The Morgan fingerprint density at radius 3 is 0.786 bits per heavy atom. The van der Waals surface area contributed by atoms with Gasteiger partial charge in [-0.15, -0.1) is 0 Å². The minimum Gasteiger partial charge on any atom is -0.309 e. The molecule has 588 valence electrons. The largest absolute Gasteiger partial charge is 0.309 e. The van der Waals surface area contributed by atoms with Crippen LogP contribution in [0, 0.1) is 0 Å². The lowest BCUT2D eigenvalue weighted by molar-refractivity contribution is 0.767. The molecule has 0 saturated carbocycles. The van der Waals surface area contributed by atoms with Gasteiger partial charge >= 0.3 is 0 Å². The fraction of sp³-hybridized carbons (Fsp3) is 0.0164. The second kappa shape index (κ2) is 29.2. The van der Waals surface area contributed by atoms with Crippen molar-refractivity contribution < 1.29 is 0 Å². The molecule has 2 aliphatic rings. The van der Waals surface area contributed by atoms with Crippen LogP contribution in [0.2, 0.25) is 0 Å². The zero-order valence-corrected chi connectivity index (χ0v) is 69.0. The molecule has 26 rings (SSSR count). The molecular formula is C122H80N4. The number of hydrogen-bond acceptors (Lipinski definition) is 0. The number of rotatable bonds is 12. The summed E-state index contributed by atoms with van der Waals surface area (Å²) in [6.45, 7) is 0. The van der Waals surface area contributed by atoms with E-state index in [9.17, 15) is 0 Å². The lowest BCUT2D eigenvalue weighted by Crippen LogP contribution is -2.28. The number of nitrogens with zero attached hydrogens (tertiary/aromatic N) is 4. The average molecular weight is 1600 g/mol. The molecule has 20 aromatic carbocycles. The van der Waals surface area contributed by atoms with Crippen LogP contribution in [0.3, 0.4) is 0 Å². The summed E-state index contributed by atoms with van der Waals surface area (Å²) < 4.78 is 9.78. The number of aromatic nitrogens is 4. The first kappa shape index (κ1) is 72.4. The first-order valence-corrected chi connectivity index (χ1v) is 43.7. The van der Waals surface area contributed by atoms with E-state index in [2.05, 4.69) is 504 Å². The first-order valence-electron chi connectivity index (χ1n) is 43.7. The Hall–Kier alpha value is -16.4. The second-order valence-electron chi connectivity index (χ2n) is 33.7. The highest BCUT2D eigenvalue weighted by atomic mass is 15.0. The fourth-order valence-corrected chi connectivity index (χ4v) is 21.8. The summed E-state index contributed by atoms with van der Waals surface area (Å²) in [5.74, 6) is 0. The number of hydrogen-bond donors (Lipinski definition) is 0. The maximum absolute atomic E-state index is 2.48. The van der Waals surface area contributed by atoms with E-state index in [0.717, 1.165) is 22.7 Å². The summed E-state index contributed by atoms with van der Waals surface area (Å²) in [5.41, 5.74) is 38.3. The predicted molar refractivity (Wildman–Crippen MR) is 527 cm³/mol. The van der Waals surface area contributed by atoms with E-state index in [-0.39, 0.29) is 0 Å². The van der Waals surface area contributed by atoms with Crippen LogP contribution < -0.4 is 0 Å². The highest BCUT2D eigenvalue weighted by Crippen LogP contribution is 2.59. The van der Waals surface area contributed by atoms with Crippen molar-refractivity contribution in [2.45, 2.75) is 10.8 Å². The molecule has 24 aromatic rings. The second-order valence-corrected chi connectivity index (χ2v) is 33.7. The van der Waals surface area contributed by atoms with Gasteiger partial charge in [-0.2, -0.15) is 0 Å². The van der Waals surface area contributed by atoms with Gasteiger partial charge in [0, 0.05) is 65.8 Å². The Balaban J connectivity index is 0.000000137. The maximum atomic E-state index is 2.48. The summed E-state index contributed by atoms with van der Waals surface area (Å²) in [4.78, 5) is 0. The summed E-state index contributed by atoms with van der Waals surface area (Å²) in [5, 5.41) is 9.94. The summed E-state index contributed by atoms with van der Waals surface area (Å²) in [6, 6.07) is 179. The average Bonchev–Trinajstić information content (AvgIpc) is 1.52. The minimum atomic E-state index is -0.488. The van der Waals surface area contributed by atoms with Crippen LogP contribution >= 0.6 is 0 Å². The summed E-state index contributed by atoms with van der Waals surface area (Å²) >= 11 is 0. The molecule has 0 atom stereocenters. The lowest BCUT2D eigenvalue weighted by Gasteiger charge is -2.34. The maximum Gasteiger partial charge on any atom is 0.0714 e. The molecule has 0 radical (unpaired) electrons. The molecule has 126 heavy (non-hydrogen) atoms. The molecule has 4 heterocycles. The topological polar surface area (TPSA) is 19.7 Å². The highest BCUT2D eigenvalue weighted by Gasteiger charge is 2.48. The molecule has 0 amide bonds. The number of fused-ring (bicyclic) bond motifs is 18. The molecule has 0 fully saturated rings. The van der Waals surface area contributed by atoms with Crippen LogP contribution in [-0.2, 0) is 10.8 Å². The van der Waals surface area contributed by atoms with Gasteiger partial charge in [0.2, 0.25) is 0 Å². The summed E-state index contributed by atoms with van der Waals surface area (Å²) in [7, 11) is 0. The minimum absolute atomic E-state index is 0.472. The van der Waals surface area contributed by atoms with Crippen LogP contribution in [0.5, 0.6) is 0 Å². The van der Waals surface area contributed by atoms with Crippen molar-refractivity contribution in [3.63, 3.8) is 0 Å². The normalized spacial score (nSPS) is 12.9. The van der Waals surface area contributed by atoms with Gasteiger partial charge in [0.1, 0.15) is 0 Å². The molecule has 4 nitrogen and oxygen atoms in total. The third-order valence-corrected chi connectivity index (χ3v) is 27.2. The molecule has 0 saturated heterocycles. The number of para-hydroxylation sites is 4. The van der Waals surface area contributed by atoms with Crippen molar-refractivity contribution in [1.29, 1.82) is 0 Å². The molecule has 0 unspecified atom stereocenters.